The zero-order chi connectivity index (χ0) is 15.6. The molecule has 5 nitrogen and oxygen atoms in total. The molecule has 2 aromatic rings. The number of nitriles is 1. The summed E-state index contributed by atoms with van der Waals surface area (Å²) in [6.45, 7) is 0. The second-order valence-electron chi connectivity index (χ2n) is 4.07. The SMILES string of the molecule is N#Cc1c(F)cccc1S(=O)(=O)Nc1ccc(Cl)c(N)c1. The molecule has 0 bridgehead atoms. The van der Waals surface area contributed by atoms with Gasteiger partial charge < -0.3 is 5.73 Å². The molecule has 0 radical (unpaired) electrons. The van der Waals surface area contributed by atoms with Crippen molar-refractivity contribution >= 4 is 33.0 Å². The highest BCUT2D eigenvalue weighted by molar-refractivity contribution is 7.92. The molecule has 108 valence electrons. The minimum Gasteiger partial charge on any atom is -0.397 e. The standard InChI is InChI=1S/C13H9ClFN3O2S/c14-10-5-4-8(6-12(10)17)18-21(19,20)13-3-1-2-11(15)9(13)7-16/h1-6,18H,17H2. The van der Waals surface area contributed by atoms with E-state index in [4.69, 9.17) is 22.6 Å². The molecule has 8 heteroatoms. The van der Waals surface area contributed by atoms with Crippen LogP contribution in [0.25, 0.3) is 0 Å². The Hall–Kier alpha value is -2.30. The van der Waals surface area contributed by atoms with E-state index in [0.717, 1.165) is 12.1 Å². The molecular formula is C13H9ClFN3O2S. The zero-order valence-electron chi connectivity index (χ0n) is 10.5. The van der Waals surface area contributed by atoms with Gasteiger partial charge in [-0.3, -0.25) is 4.72 Å². The number of hydrogen-bond acceptors (Lipinski definition) is 4. The Morgan fingerprint density at radius 1 is 1.29 bits per heavy atom. The van der Waals surface area contributed by atoms with Gasteiger partial charge in [-0.05, 0) is 30.3 Å². The van der Waals surface area contributed by atoms with Crippen LogP contribution in [-0.2, 0) is 10.0 Å². The number of benzene rings is 2. The summed E-state index contributed by atoms with van der Waals surface area (Å²) in [6.07, 6.45) is 0. The van der Waals surface area contributed by atoms with Crippen molar-refractivity contribution in [2.45, 2.75) is 4.90 Å². The highest BCUT2D eigenvalue weighted by atomic mass is 35.5. The number of anilines is 2. The highest BCUT2D eigenvalue weighted by Crippen LogP contribution is 2.25. The molecule has 21 heavy (non-hydrogen) atoms. The Bertz CT molecular complexity index is 847. The van der Waals surface area contributed by atoms with Crippen molar-refractivity contribution < 1.29 is 12.8 Å². The predicted molar refractivity (Wildman–Crippen MR) is 77.8 cm³/mol. The third-order valence-corrected chi connectivity index (χ3v) is 4.39. The summed E-state index contributed by atoms with van der Waals surface area (Å²) in [5.74, 6) is -0.906. The van der Waals surface area contributed by atoms with E-state index >= 15 is 0 Å². The maximum atomic E-state index is 13.5. The number of nitrogens with zero attached hydrogens (tertiary/aromatic N) is 1. The van der Waals surface area contributed by atoms with Crippen LogP contribution >= 0.6 is 11.6 Å². The molecule has 0 aliphatic heterocycles. The maximum Gasteiger partial charge on any atom is 0.263 e. The Labute approximate surface area is 125 Å². The number of halogens is 2. The van der Waals surface area contributed by atoms with Crippen LogP contribution in [0.1, 0.15) is 5.56 Å². The monoisotopic (exact) mass is 325 g/mol. The Morgan fingerprint density at radius 3 is 2.62 bits per heavy atom. The molecule has 0 atom stereocenters. The van der Waals surface area contributed by atoms with Crippen LogP contribution in [0.2, 0.25) is 5.02 Å². The topological polar surface area (TPSA) is 96.0 Å². The van der Waals surface area contributed by atoms with E-state index in [1.54, 1.807) is 0 Å². The summed E-state index contributed by atoms with van der Waals surface area (Å²) in [5.41, 5.74) is 5.38. The normalized spacial score (nSPS) is 10.9. The molecule has 2 aromatic carbocycles. The lowest BCUT2D eigenvalue weighted by atomic mass is 10.2. The lowest BCUT2D eigenvalue weighted by Gasteiger charge is -2.10. The molecule has 0 amide bonds. The van der Waals surface area contributed by atoms with Crippen LogP contribution < -0.4 is 10.5 Å². The van der Waals surface area contributed by atoms with Gasteiger partial charge in [0.05, 0.1) is 16.4 Å². The summed E-state index contributed by atoms with van der Waals surface area (Å²) in [6, 6.07) is 9.05. The first-order chi connectivity index (χ1) is 9.85. The van der Waals surface area contributed by atoms with Gasteiger partial charge in [0, 0.05) is 0 Å². The lowest BCUT2D eigenvalue weighted by Crippen LogP contribution is -2.15. The van der Waals surface area contributed by atoms with E-state index in [9.17, 15) is 12.8 Å². The fraction of sp³-hybridized carbons (Fsp3) is 0. The second-order valence-corrected chi connectivity index (χ2v) is 6.12. The van der Waals surface area contributed by atoms with Crippen molar-refractivity contribution in [2.24, 2.45) is 0 Å². The van der Waals surface area contributed by atoms with Gasteiger partial charge in [-0.25, -0.2) is 12.8 Å². The van der Waals surface area contributed by atoms with Crippen molar-refractivity contribution in [1.82, 2.24) is 0 Å². The average molecular weight is 326 g/mol. The van der Waals surface area contributed by atoms with Gasteiger partial charge in [0.1, 0.15) is 22.3 Å². The van der Waals surface area contributed by atoms with E-state index in [1.807, 2.05) is 0 Å². The van der Waals surface area contributed by atoms with Crippen LogP contribution in [0.4, 0.5) is 15.8 Å². The molecule has 2 rings (SSSR count). The lowest BCUT2D eigenvalue weighted by molar-refractivity contribution is 0.593. The van der Waals surface area contributed by atoms with Gasteiger partial charge in [-0.1, -0.05) is 17.7 Å². The predicted octanol–water partition coefficient (Wildman–Crippen LogP) is 2.73. The molecule has 0 fully saturated rings. The van der Waals surface area contributed by atoms with Gasteiger partial charge in [0.25, 0.3) is 10.0 Å². The number of nitrogens with two attached hydrogens (primary N) is 1. The number of nitrogens with one attached hydrogen (secondary N) is 1. The summed E-state index contributed by atoms with van der Waals surface area (Å²) in [7, 11) is -4.12. The Morgan fingerprint density at radius 2 is 2.00 bits per heavy atom. The number of sulfonamides is 1. The van der Waals surface area contributed by atoms with E-state index in [1.165, 1.54) is 30.3 Å². The van der Waals surface area contributed by atoms with E-state index in [0.29, 0.717) is 0 Å². The van der Waals surface area contributed by atoms with Crippen molar-refractivity contribution in [3.05, 3.63) is 52.8 Å². The van der Waals surface area contributed by atoms with E-state index in [2.05, 4.69) is 4.72 Å². The molecule has 0 heterocycles. The van der Waals surface area contributed by atoms with Crippen LogP contribution in [0.15, 0.2) is 41.3 Å². The fourth-order valence-corrected chi connectivity index (χ4v) is 2.99. The summed E-state index contributed by atoms with van der Waals surface area (Å²) < 4.78 is 40.2. The molecular weight excluding hydrogens is 317 g/mol. The van der Waals surface area contributed by atoms with Crippen LogP contribution in [0.3, 0.4) is 0 Å². The van der Waals surface area contributed by atoms with Crippen molar-refractivity contribution in [2.75, 3.05) is 10.5 Å². The van der Waals surface area contributed by atoms with Crippen molar-refractivity contribution in [3.8, 4) is 6.07 Å². The fourth-order valence-electron chi connectivity index (χ4n) is 1.65. The summed E-state index contributed by atoms with van der Waals surface area (Å²) in [4.78, 5) is -0.446. The maximum absolute atomic E-state index is 13.5. The van der Waals surface area contributed by atoms with Crippen molar-refractivity contribution in [3.63, 3.8) is 0 Å². The van der Waals surface area contributed by atoms with Gasteiger partial charge in [-0.15, -0.1) is 0 Å². The summed E-state index contributed by atoms with van der Waals surface area (Å²) in [5, 5.41) is 9.17. The average Bonchev–Trinajstić information content (AvgIpc) is 2.42. The molecule has 0 spiro atoms. The number of rotatable bonds is 3. The van der Waals surface area contributed by atoms with E-state index in [-0.39, 0.29) is 16.4 Å². The first-order valence-corrected chi connectivity index (χ1v) is 7.48. The summed E-state index contributed by atoms with van der Waals surface area (Å²) >= 11 is 5.74. The molecule has 3 N–H and O–H groups in total. The van der Waals surface area contributed by atoms with Gasteiger partial charge in [-0.2, -0.15) is 5.26 Å². The molecule has 0 saturated heterocycles. The number of hydrogen-bond donors (Lipinski definition) is 2. The van der Waals surface area contributed by atoms with Gasteiger partial charge in [0.15, 0.2) is 0 Å². The van der Waals surface area contributed by atoms with E-state index < -0.39 is 26.3 Å². The molecule has 0 aromatic heterocycles. The third kappa shape index (κ3) is 3.07. The smallest absolute Gasteiger partial charge is 0.263 e. The van der Waals surface area contributed by atoms with Crippen LogP contribution in [0.5, 0.6) is 0 Å². The second kappa shape index (κ2) is 5.60. The quantitative estimate of drug-likeness (QED) is 0.848. The molecule has 0 saturated carbocycles. The minimum atomic E-state index is -4.12. The minimum absolute atomic E-state index is 0.157. The molecule has 0 unspecified atom stereocenters. The largest absolute Gasteiger partial charge is 0.397 e. The Kier molecular flexibility index (Phi) is 4.02. The van der Waals surface area contributed by atoms with Crippen LogP contribution in [0, 0.1) is 17.1 Å². The highest BCUT2D eigenvalue weighted by Gasteiger charge is 2.21. The first-order valence-electron chi connectivity index (χ1n) is 5.61. The number of nitrogen functional groups attached to an aromatic ring is 1. The van der Waals surface area contributed by atoms with Gasteiger partial charge >= 0.3 is 0 Å². The molecule has 0 aliphatic rings. The molecule has 0 aliphatic carbocycles. The van der Waals surface area contributed by atoms with Crippen LogP contribution in [-0.4, -0.2) is 8.42 Å². The third-order valence-electron chi connectivity index (χ3n) is 2.62. The van der Waals surface area contributed by atoms with Gasteiger partial charge in [0.2, 0.25) is 0 Å². The Balaban J connectivity index is 2.46. The first kappa shape index (κ1) is 15.1. The zero-order valence-corrected chi connectivity index (χ0v) is 12.0. The van der Waals surface area contributed by atoms with Crippen molar-refractivity contribution in [1.29, 1.82) is 5.26 Å².